The summed E-state index contributed by atoms with van der Waals surface area (Å²) in [7, 11) is 0. The molecule has 0 saturated heterocycles. The molecule has 0 amide bonds. The van der Waals surface area contributed by atoms with Gasteiger partial charge in [-0.05, 0) is 54.4 Å². The quantitative estimate of drug-likeness (QED) is 0.273. The third-order valence-electron chi connectivity index (χ3n) is 8.13. The summed E-state index contributed by atoms with van der Waals surface area (Å²) in [6.45, 7) is 11.1. The van der Waals surface area contributed by atoms with Crippen LogP contribution in [0.5, 0.6) is 11.5 Å². The summed E-state index contributed by atoms with van der Waals surface area (Å²) < 4.78 is 5.76. The molecule has 0 radical (unpaired) electrons. The van der Waals surface area contributed by atoms with Gasteiger partial charge < -0.3 is 9.64 Å². The van der Waals surface area contributed by atoms with E-state index in [1.54, 1.807) is 24.3 Å². The highest BCUT2D eigenvalue weighted by molar-refractivity contribution is 6.06. The van der Waals surface area contributed by atoms with Crippen molar-refractivity contribution >= 4 is 22.9 Å². The maximum absolute atomic E-state index is 13.7. The smallest absolute Gasteiger partial charge is 0.318 e. The Hall–Kier alpha value is -4.34. The van der Waals surface area contributed by atoms with E-state index >= 15 is 0 Å². The molecule has 5 rings (SSSR count). The van der Waals surface area contributed by atoms with Crippen LogP contribution in [0.2, 0.25) is 0 Å². The van der Waals surface area contributed by atoms with Gasteiger partial charge in [-0.25, -0.2) is 0 Å². The number of ether oxygens (including phenoxy) is 1. The number of hydrogen-bond donors (Lipinski definition) is 0. The Morgan fingerprint density at radius 1 is 0.829 bits per heavy atom. The highest BCUT2D eigenvalue weighted by Crippen LogP contribution is 2.54. The van der Waals surface area contributed by atoms with E-state index < -0.39 is 27.1 Å². The predicted octanol–water partition coefficient (Wildman–Crippen LogP) is 7.00. The number of allylic oxidation sites excluding steroid dienone is 4. The second-order valence-corrected chi connectivity index (χ2v) is 12.6. The molecular weight excluding hydrogens is 526 g/mol. The highest BCUT2D eigenvalue weighted by atomic mass is 16.6. The molecule has 1 heterocycles. The monoisotopic (exact) mass is 559 g/mol. The molecule has 0 atom stereocenters. The first-order chi connectivity index (χ1) is 19.2. The molecule has 0 fully saturated rings. The van der Waals surface area contributed by atoms with Gasteiger partial charge >= 0.3 is 5.69 Å². The minimum Gasteiger partial charge on any atom is -0.450 e. The zero-order valence-corrected chi connectivity index (χ0v) is 23.9. The summed E-state index contributed by atoms with van der Waals surface area (Å²) in [5.41, 5.74) is 2.78. The fourth-order valence-electron chi connectivity index (χ4n) is 6.47. The molecule has 41 heavy (non-hydrogen) atoms. The third-order valence-corrected chi connectivity index (χ3v) is 8.13. The number of rotatable bonds is 6. The second kappa shape index (κ2) is 9.94. The Morgan fingerprint density at radius 2 is 1.37 bits per heavy atom. The first kappa shape index (κ1) is 28.2. The Labute approximate surface area is 238 Å². The molecule has 0 spiro atoms. The molecule has 10 heteroatoms. The van der Waals surface area contributed by atoms with E-state index in [0.717, 1.165) is 41.9 Å². The van der Waals surface area contributed by atoms with Crippen LogP contribution < -0.4 is 4.74 Å². The molecule has 2 aromatic carbocycles. The van der Waals surface area contributed by atoms with Crippen molar-refractivity contribution in [2.24, 2.45) is 10.8 Å². The molecule has 0 unspecified atom stereocenters. The summed E-state index contributed by atoms with van der Waals surface area (Å²) in [6.07, 6.45) is 2.25. The zero-order chi connectivity index (χ0) is 29.9. The van der Waals surface area contributed by atoms with E-state index in [1.807, 2.05) is 0 Å². The number of nitrogens with zero attached hydrogens (tertiary/aromatic N) is 3. The van der Waals surface area contributed by atoms with Gasteiger partial charge in [-0.3, -0.25) is 29.8 Å². The molecular formula is C31H33N3O7. The van der Waals surface area contributed by atoms with Gasteiger partial charge in [0.05, 0.1) is 15.9 Å². The number of nitro benzene ring substituents is 2. The van der Waals surface area contributed by atoms with E-state index in [-0.39, 0.29) is 33.9 Å². The lowest BCUT2D eigenvalue weighted by molar-refractivity contribution is -0.394. The first-order valence-electron chi connectivity index (χ1n) is 13.7. The van der Waals surface area contributed by atoms with Crippen molar-refractivity contribution in [1.82, 2.24) is 4.90 Å². The molecule has 0 aromatic heterocycles. The Morgan fingerprint density at radius 3 is 1.83 bits per heavy atom. The summed E-state index contributed by atoms with van der Waals surface area (Å²) in [4.78, 5) is 50.8. The molecule has 0 saturated carbocycles. The highest BCUT2D eigenvalue weighted by Gasteiger charge is 2.48. The number of non-ortho nitro benzene ring substituents is 1. The largest absolute Gasteiger partial charge is 0.450 e. The van der Waals surface area contributed by atoms with Crippen molar-refractivity contribution in [3.63, 3.8) is 0 Å². The SMILES string of the molecule is CCN1C2=C(C(=O)CC(C)(C)C2)C(c2ccc(Oc3ccc([N+](=O)[O-])cc3[N+](=O)[O-])cc2)C2=C1CC(C)(C)CC2=O. The number of benzene rings is 2. The maximum atomic E-state index is 13.7. The van der Waals surface area contributed by atoms with Gasteiger partial charge in [0.25, 0.3) is 5.69 Å². The standard InChI is InChI=1S/C31H33N3O7/c1-6-32-22-14-30(2,3)16-24(35)28(22)27(29-23(32)15-31(4,5)17-25(29)36)18-7-10-20(11-8-18)41-26-12-9-19(33(37)38)13-21(26)34(39)40/h7-13,27H,6,14-17H2,1-5H3. The minimum atomic E-state index is -0.730. The van der Waals surface area contributed by atoms with Gasteiger partial charge in [0, 0.05) is 53.9 Å². The fourth-order valence-corrected chi connectivity index (χ4v) is 6.47. The summed E-state index contributed by atoms with van der Waals surface area (Å²) in [5.74, 6) is -0.254. The Balaban J connectivity index is 1.58. The van der Waals surface area contributed by atoms with Crippen molar-refractivity contribution in [1.29, 1.82) is 0 Å². The van der Waals surface area contributed by atoms with E-state index in [9.17, 15) is 29.8 Å². The number of carbonyl (C=O) groups excluding carboxylic acids is 2. The van der Waals surface area contributed by atoms with Crippen LogP contribution in [0.1, 0.15) is 71.8 Å². The van der Waals surface area contributed by atoms with Crippen molar-refractivity contribution in [2.45, 2.75) is 66.2 Å². The van der Waals surface area contributed by atoms with E-state index in [1.165, 1.54) is 6.07 Å². The van der Waals surface area contributed by atoms with Gasteiger partial charge in [0.1, 0.15) is 5.75 Å². The summed E-state index contributed by atoms with van der Waals surface area (Å²) in [6, 6.07) is 10.1. The second-order valence-electron chi connectivity index (χ2n) is 12.6. The summed E-state index contributed by atoms with van der Waals surface area (Å²) >= 11 is 0. The van der Waals surface area contributed by atoms with Crippen molar-refractivity contribution in [3.8, 4) is 11.5 Å². The number of nitro groups is 2. The lowest BCUT2D eigenvalue weighted by Gasteiger charge is -2.48. The molecule has 214 valence electrons. The first-order valence-corrected chi connectivity index (χ1v) is 13.7. The van der Waals surface area contributed by atoms with Gasteiger partial charge in [-0.1, -0.05) is 39.8 Å². The van der Waals surface area contributed by atoms with Crippen molar-refractivity contribution < 1.29 is 24.2 Å². The minimum absolute atomic E-state index is 0.0470. The molecule has 3 aliphatic rings. The number of carbonyl (C=O) groups is 2. The van der Waals surface area contributed by atoms with Gasteiger partial charge in [-0.15, -0.1) is 0 Å². The number of hydrogen-bond acceptors (Lipinski definition) is 8. The molecule has 2 aliphatic carbocycles. The van der Waals surface area contributed by atoms with E-state index in [0.29, 0.717) is 30.5 Å². The Kier molecular flexibility index (Phi) is 6.83. The molecule has 0 N–H and O–H groups in total. The summed E-state index contributed by atoms with van der Waals surface area (Å²) in [5, 5.41) is 22.6. The molecule has 1 aliphatic heterocycles. The topological polar surface area (TPSA) is 133 Å². The molecule has 2 aromatic rings. The number of ketones is 2. The van der Waals surface area contributed by atoms with Crippen molar-refractivity contribution in [2.75, 3.05) is 6.54 Å². The molecule has 0 bridgehead atoms. The van der Waals surface area contributed by atoms with Crippen LogP contribution >= 0.6 is 0 Å². The van der Waals surface area contributed by atoms with Crippen LogP contribution in [0.3, 0.4) is 0 Å². The zero-order valence-electron chi connectivity index (χ0n) is 23.9. The molecule has 10 nitrogen and oxygen atoms in total. The van der Waals surface area contributed by atoms with E-state index in [2.05, 4.69) is 39.5 Å². The Bertz CT molecular complexity index is 1500. The number of Topliss-reactive ketones (excluding diaryl/α,β-unsaturated/α-hetero) is 2. The average molecular weight is 560 g/mol. The van der Waals surface area contributed by atoms with Crippen LogP contribution in [0.25, 0.3) is 0 Å². The van der Waals surface area contributed by atoms with Crippen LogP contribution in [-0.2, 0) is 9.59 Å². The lowest BCUT2D eigenvalue weighted by Crippen LogP contribution is -2.44. The van der Waals surface area contributed by atoms with E-state index in [4.69, 9.17) is 4.74 Å². The maximum Gasteiger partial charge on any atom is 0.318 e. The van der Waals surface area contributed by atoms with Gasteiger partial charge in [0.15, 0.2) is 11.6 Å². The van der Waals surface area contributed by atoms with Crippen LogP contribution in [-0.4, -0.2) is 32.9 Å². The van der Waals surface area contributed by atoms with Crippen LogP contribution in [0.4, 0.5) is 11.4 Å². The van der Waals surface area contributed by atoms with Gasteiger partial charge in [0.2, 0.25) is 5.75 Å². The third kappa shape index (κ3) is 5.14. The van der Waals surface area contributed by atoms with Crippen molar-refractivity contribution in [3.05, 3.63) is 90.8 Å². The van der Waals surface area contributed by atoms with Crippen LogP contribution in [0, 0.1) is 31.1 Å². The lowest BCUT2D eigenvalue weighted by atomic mass is 9.63. The van der Waals surface area contributed by atoms with Crippen LogP contribution in [0.15, 0.2) is 65.0 Å². The van der Waals surface area contributed by atoms with Gasteiger partial charge in [-0.2, -0.15) is 0 Å². The normalized spacial score (nSPS) is 20.1. The fraction of sp³-hybridized carbons (Fsp3) is 0.419. The average Bonchev–Trinajstić information content (AvgIpc) is 2.86. The predicted molar refractivity (Wildman–Crippen MR) is 151 cm³/mol.